The van der Waals surface area contributed by atoms with E-state index >= 15 is 0 Å². The smallest absolute Gasteiger partial charge is 0.137 e. The van der Waals surface area contributed by atoms with Gasteiger partial charge in [-0.15, -0.1) is 0 Å². The number of benzene rings is 2. The van der Waals surface area contributed by atoms with Crippen molar-refractivity contribution >= 4 is 0 Å². The molecule has 2 aromatic carbocycles. The molecular weight excluding hydrogens is 314 g/mol. The molecule has 0 radical (unpaired) electrons. The lowest BCUT2D eigenvalue weighted by Gasteiger charge is -2.26. The maximum atomic E-state index is 8.97. The molecular formula is C21H27NO3. The van der Waals surface area contributed by atoms with Crippen LogP contribution in [-0.2, 0) is 11.2 Å². The number of hydrogen-bond acceptors (Lipinski definition) is 4. The van der Waals surface area contributed by atoms with Crippen LogP contribution in [0.4, 0.5) is 0 Å². The number of ether oxygens (including phenoxy) is 2. The average molecular weight is 341 g/mol. The minimum atomic E-state index is -0.0123. The third kappa shape index (κ3) is 4.60. The number of nitrogens with zero attached hydrogens (tertiary/aromatic N) is 1. The van der Waals surface area contributed by atoms with Crippen LogP contribution >= 0.6 is 0 Å². The van der Waals surface area contributed by atoms with Crippen molar-refractivity contribution in [1.82, 2.24) is 4.90 Å². The van der Waals surface area contributed by atoms with Crippen LogP contribution in [0, 0.1) is 0 Å². The summed E-state index contributed by atoms with van der Waals surface area (Å²) in [5.74, 6) is 0.838. The molecule has 1 fully saturated rings. The fourth-order valence-electron chi connectivity index (χ4n) is 3.17. The Balaban J connectivity index is 1.60. The SMILES string of the molecule is CC(C)N1CC(COc2ccc(CCO)cc2)OC1c1ccccc1. The van der Waals surface area contributed by atoms with E-state index in [4.69, 9.17) is 14.6 Å². The van der Waals surface area contributed by atoms with Crippen molar-refractivity contribution in [3.05, 3.63) is 65.7 Å². The minimum absolute atomic E-state index is 0.0123. The number of hydrogen-bond donors (Lipinski definition) is 1. The Kier molecular flexibility index (Phi) is 6.08. The molecule has 1 saturated heterocycles. The Morgan fingerprint density at radius 2 is 1.84 bits per heavy atom. The highest BCUT2D eigenvalue weighted by Crippen LogP contribution is 2.32. The first kappa shape index (κ1) is 17.9. The van der Waals surface area contributed by atoms with E-state index in [-0.39, 0.29) is 18.9 Å². The van der Waals surface area contributed by atoms with Crippen LogP contribution < -0.4 is 4.74 Å². The predicted molar refractivity (Wildman–Crippen MR) is 98.6 cm³/mol. The predicted octanol–water partition coefficient (Wildman–Crippen LogP) is 3.41. The second kappa shape index (κ2) is 8.48. The lowest BCUT2D eigenvalue weighted by molar-refractivity contribution is -0.0234. The van der Waals surface area contributed by atoms with Crippen molar-refractivity contribution in [3.8, 4) is 5.75 Å². The molecule has 4 nitrogen and oxygen atoms in total. The maximum Gasteiger partial charge on any atom is 0.137 e. The molecule has 1 heterocycles. The largest absolute Gasteiger partial charge is 0.491 e. The van der Waals surface area contributed by atoms with Crippen LogP contribution in [0.5, 0.6) is 5.75 Å². The quantitative estimate of drug-likeness (QED) is 0.838. The molecule has 1 aliphatic rings. The van der Waals surface area contributed by atoms with Gasteiger partial charge >= 0.3 is 0 Å². The van der Waals surface area contributed by atoms with Crippen LogP contribution in [0.15, 0.2) is 54.6 Å². The summed E-state index contributed by atoms with van der Waals surface area (Å²) in [5.41, 5.74) is 2.30. The fourth-order valence-corrected chi connectivity index (χ4v) is 3.17. The maximum absolute atomic E-state index is 8.97. The first-order valence-corrected chi connectivity index (χ1v) is 8.96. The van der Waals surface area contributed by atoms with Gasteiger partial charge in [-0.05, 0) is 43.5 Å². The second-order valence-electron chi connectivity index (χ2n) is 6.74. The second-order valence-corrected chi connectivity index (χ2v) is 6.74. The Morgan fingerprint density at radius 1 is 1.12 bits per heavy atom. The topological polar surface area (TPSA) is 41.9 Å². The minimum Gasteiger partial charge on any atom is -0.491 e. The number of rotatable bonds is 7. The molecule has 0 amide bonds. The number of aliphatic hydroxyl groups is 1. The van der Waals surface area contributed by atoms with Crippen LogP contribution in [-0.4, -0.2) is 41.9 Å². The van der Waals surface area contributed by atoms with Gasteiger partial charge in [0.15, 0.2) is 0 Å². The zero-order valence-corrected chi connectivity index (χ0v) is 15.0. The molecule has 2 unspecified atom stereocenters. The van der Waals surface area contributed by atoms with Gasteiger partial charge in [-0.1, -0.05) is 42.5 Å². The summed E-state index contributed by atoms with van der Waals surface area (Å²) in [6.07, 6.45) is 0.708. The molecule has 3 rings (SSSR count). The van der Waals surface area contributed by atoms with Gasteiger partial charge in [0, 0.05) is 19.2 Å². The van der Waals surface area contributed by atoms with E-state index in [9.17, 15) is 0 Å². The molecule has 0 aromatic heterocycles. The highest BCUT2D eigenvalue weighted by molar-refractivity contribution is 5.27. The van der Waals surface area contributed by atoms with Crippen molar-refractivity contribution in [2.24, 2.45) is 0 Å². The zero-order chi connectivity index (χ0) is 17.6. The molecule has 134 valence electrons. The van der Waals surface area contributed by atoms with Crippen molar-refractivity contribution < 1.29 is 14.6 Å². The summed E-state index contributed by atoms with van der Waals surface area (Å²) < 4.78 is 12.2. The van der Waals surface area contributed by atoms with Gasteiger partial charge in [-0.3, -0.25) is 4.90 Å². The highest BCUT2D eigenvalue weighted by atomic mass is 16.6. The van der Waals surface area contributed by atoms with E-state index in [1.807, 2.05) is 30.3 Å². The van der Waals surface area contributed by atoms with Crippen LogP contribution in [0.25, 0.3) is 0 Å². The van der Waals surface area contributed by atoms with Crippen molar-refractivity contribution in [2.75, 3.05) is 19.8 Å². The third-order valence-corrected chi connectivity index (χ3v) is 4.54. The van der Waals surface area contributed by atoms with Gasteiger partial charge in [-0.2, -0.15) is 0 Å². The van der Waals surface area contributed by atoms with Gasteiger partial charge in [0.05, 0.1) is 0 Å². The molecule has 25 heavy (non-hydrogen) atoms. The molecule has 4 heteroatoms. The molecule has 0 spiro atoms. The van der Waals surface area contributed by atoms with Gasteiger partial charge in [0.1, 0.15) is 24.7 Å². The molecule has 2 atom stereocenters. The average Bonchev–Trinajstić information content (AvgIpc) is 3.07. The van der Waals surface area contributed by atoms with Crippen LogP contribution in [0.1, 0.15) is 31.2 Å². The first-order valence-electron chi connectivity index (χ1n) is 8.96. The lowest BCUT2D eigenvalue weighted by atomic mass is 10.1. The fraction of sp³-hybridized carbons (Fsp3) is 0.429. The molecule has 1 aliphatic heterocycles. The Labute approximate surface area is 150 Å². The van der Waals surface area contributed by atoms with E-state index in [0.717, 1.165) is 17.9 Å². The van der Waals surface area contributed by atoms with E-state index in [2.05, 4.69) is 43.0 Å². The third-order valence-electron chi connectivity index (χ3n) is 4.54. The molecule has 0 aliphatic carbocycles. The lowest BCUT2D eigenvalue weighted by Crippen LogP contribution is -2.32. The molecule has 2 aromatic rings. The van der Waals surface area contributed by atoms with Crippen molar-refractivity contribution in [1.29, 1.82) is 0 Å². The zero-order valence-electron chi connectivity index (χ0n) is 15.0. The first-order chi connectivity index (χ1) is 12.2. The normalized spacial score (nSPS) is 21.0. The molecule has 0 bridgehead atoms. The highest BCUT2D eigenvalue weighted by Gasteiger charge is 2.35. The summed E-state index contributed by atoms with van der Waals surface area (Å²) in [4.78, 5) is 2.37. The Bertz CT molecular complexity index is 642. The van der Waals surface area contributed by atoms with E-state index in [1.54, 1.807) is 0 Å². The Morgan fingerprint density at radius 3 is 2.48 bits per heavy atom. The molecule has 1 N–H and O–H groups in total. The van der Waals surface area contributed by atoms with E-state index < -0.39 is 0 Å². The standard InChI is InChI=1S/C21H27NO3/c1-16(2)22-14-20(25-21(22)18-6-4-3-5-7-18)15-24-19-10-8-17(9-11-19)12-13-23/h3-11,16,20-21,23H,12-15H2,1-2H3. The van der Waals surface area contributed by atoms with Gasteiger partial charge in [0.2, 0.25) is 0 Å². The monoisotopic (exact) mass is 341 g/mol. The van der Waals surface area contributed by atoms with Crippen LogP contribution in [0.3, 0.4) is 0 Å². The van der Waals surface area contributed by atoms with Crippen LogP contribution in [0.2, 0.25) is 0 Å². The summed E-state index contributed by atoms with van der Waals surface area (Å²) in [6, 6.07) is 18.7. The summed E-state index contributed by atoms with van der Waals surface area (Å²) in [5, 5.41) is 8.97. The summed E-state index contributed by atoms with van der Waals surface area (Å²) >= 11 is 0. The van der Waals surface area contributed by atoms with E-state index in [0.29, 0.717) is 19.1 Å². The van der Waals surface area contributed by atoms with Gasteiger partial charge in [0.25, 0.3) is 0 Å². The Hall–Kier alpha value is -1.88. The van der Waals surface area contributed by atoms with Gasteiger partial charge in [-0.25, -0.2) is 0 Å². The van der Waals surface area contributed by atoms with Gasteiger partial charge < -0.3 is 14.6 Å². The van der Waals surface area contributed by atoms with Crippen molar-refractivity contribution in [3.63, 3.8) is 0 Å². The van der Waals surface area contributed by atoms with E-state index in [1.165, 1.54) is 5.56 Å². The summed E-state index contributed by atoms with van der Waals surface area (Å²) in [6.45, 7) is 5.96. The van der Waals surface area contributed by atoms with Crippen molar-refractivity contribution in [2.45, 2.75) is 38.6 Å². The molecule has 0 saturated carbocycles. The number of aliphatic hydroxyl groups excluding tert-OH is 1. The summed E-state index contributed by atoms with van der Waals surface area (Å²) in [7, 11) is 0.